The summed E-state index contributed by atoms with van der Waals surface area (Å²) in [5.41, 5.74) is 1.15. The predicted octanol–water partition coefficient (Wildman–Crippen LogP) is 6.56. The second kappa shape index (κ2) is 15.6. The first-order valence-corrected chi connectivity index (χ1v) is 18.7. The molecule has 2 unspecified atom stereocenters. The number of piperidine rings is 2. The summed E-state index contributed by atoms with van der Waals surface area (Å²) in [6.45, 7) is 4.37. The molecule has 3 aliphatic carbocycles. The second-order valence-corrected chi connectivity index (χ2v) is 15.9. The van der Waals surface area contributed by atoms with Gasteiger partial charge in [-0.25, -0.2) is 4.98 Å². The van der Waals surface area contributed by atoms with Crippen molar-refractivity contribution in [2.24, 2.45) is 29.1 Å². The second-order valence-electron chi connectivity index (χ2n) is 15.5. The highest BCUT2D eigenvalue weighted by atomic mass is 35.5. The number of rotatable bonds is 10. The number of halogens is 2. The first kappa shape index (κ1) is 34.7. The van der Waals surface area contributed by atoms with Crippen LogP contribution in [0.1, 0.15) is 95.5 Å². The summed E-state index contributed by atoms with van der Waals surface area (Å²) < 4.78 is 2.00. The van der Waals surface area contributed by atoms with Crippen molar-refractivity contribution in [3.8, 4) is 0 Å². The van der Waals surface area contributed by atoms with Gasteiger partial charge in [0.15, 0.2) is 0 Å². The fourth-order valence-electron chi connectivity index (χ4n) is 9.57. The van der Waals surface area contributed by atoms with Crippen molar-refractivity contribution in [3.05, 3.63) is 47.5 Å². The lowest BCUT2D eigenvalue weighted by atomic mass is 9.63. The quantitative estimate of drug-likeness (QED) is 0.307. The Bertz CT molecular complexity index is 1300. The van der Waals surface area contributed by atoms with E-state index in [0.29, 0.717) is 23.3 Å². The number of nitrogens with zero attached hydrogens (tertiary/aromatic N) is 5. The van der Waals surface area contributed by atoms with Crippen molar-refractivity contribution in [1.82, 2.24) is 29.9 Å². The highest BCUT2D eigenvalue weighted by Gasteiger charge is 2.45. The monoisotopic (exact) mass is 684 g/mol. The number of aromatic nitrogens is 3. The summed E-state index contributed by atoms with van der Waals surface area (Å²) >= 11 is 6.22. The van der Waals surface area contributed by atoms with Crippen LogP contribution in [0.2, 0.25) is 5.02 Å². The zero-order valence-electron chi connectivity index (χ0n) is 27.9. The minimum atomic E-state index is -0.585. The van der Waals surface area contributed by atoms with Gasteiger partial charge in [-0.1, -0.05) is 62.3 Å². The normalized spacial score (nSPS) is 27.3. The molecule has 1 N–H and O–H groups in total. The molecular weight excluding hydrogens is 631 g/mol. The van der Waals surface area contributed by atoms with Crippen molar-refractivity contribution in [1.29, 1.82) is 0 Å². The minimum absolute atomic E-state index is 0. The molecule has 2 aliphatic heterocycles. The third kappa shape index (κ3) is 8.36. The molecule has 1 aromatic heterocycles. The number of fused-ring (bicyclic) bond motifs is 1. The Balaban J connectivity index is 0.00000386. The van der Waals surface area contributed by atoms with Gasteiger partial charge in [0.25, 0.3) is 0 Å². The first-order chi connectivity index (χ1) is 22.5. The van der Waals surface area contributed by atoms with Crippen LogP contribution in [-0.2, 0) is 22.6 Å². The summed E-state index contributed by atoms with van der Waals surface area (Å²) in [7, 11) is 0. The zero-order valence-corrected chi connectivity index (χ0v) is 29.5. The van der Waals surface area contributed by atoms with Crippen LogP contribution in [-0.4, -0.2) is 74.6 Å². The van der Waals surface area contributed by atoms with Crippen LogP contribution in [0.15, 0.2) is 36.9 Å². The van der Waals surface area contributed by atoms with E-state index in [-0.39, 0.29) is 35.7 Å². The van der Waals surface area contributed by atoms with Gasteiger partial charge < -0.3 is 10.2 Å². The van der Waals surface area contributed by atoms with Gasteiger partial charge in [-0.05, 0) is 98.1 Å². The molecule has 8 nitrogen and oxygen atoms in total. The van der Waals surface area contributed by atoms with E-state index >= 15 is 0 Å². The van der Waals surface area contributed by atoms with Crippen molar-refractivity contribution < 1.29 is 9.59 Å². The summed E-state index contributed by atoms with van der Waals surface area (Å²) in [4.78, 5) is 37.4. The van der Waals surface area contributed by atoms with Crippen LogP contribution in [0.25, 0.3) is 0 Å². The number of carbonyl (C=O) groups excluding carboxylic acids is 2. The van der Waals surface area contributed by atoms with E-state index < -0.39 is 6.04 Å². The molecule has 2 amide bonds. The van der Waals surface area contributed by atoms with Crippen molar-refractivity contribution in [2.75, 3.05) is 26.2 Å². The summed E-state index contributed by atoms with van der Waals surface area (Å²) in [5.74, 6) is 2.85. The van der Waals surface area contributed by atoms with Crippen LogP contribution in [0.4, 0.5) is 0 Å². The summed E-state index contributed by atoms with van der Waals surface area (Å²) in [5, 5.41) is 8.52. The molecule has 258 valence electrons. The van der Waals surface area contributed by atoms with E-state index in [4.69, 9.17) is 11.6 Å². The van der Waals surface area contributed by atoms with Crippen LogP contribution in [0, 0.1) is 29.1 Å². The molecule has 1 aromatic carbocycles. The maximum absolute atomic E-state index is 14.4. The molecule has 7 rings (SSSR count). The fourth-order valence-corrected chi connectivity index (χ4v) is 9.70. The van der Waals surface area contributed by atoms with Crippen LogP contribution < -0.4 is 5.32 Å². The van der Waals surface area contributed by atoms with Gasteiger partial charge in [-0.15, -0.1) is 12.4 Å². The molecular formula is C37H54Cl2N6O2. The SMILES string of the molecule is Cl.O=C(N[C@H](Cc1ccc(Cl)cc1)C(=O)N1CCC(Cn2cncn2)(C2CCCCC2)CC1)[C@H]1CC2CCCCC2CN1CC1CC1. The molecule has 2 saturated heterocycles. The van der Waals surface area contributed by atoms with E-state index in [0.717, 1.165) is 69.4 Å². The molecule has 2 aromatic rings. The summed E-state index contributed by atoms with van der Waals surface area (Å²) in [6, 6.07) is 7.02. The molecule has 5 fully saturated rings. The highest BCUT2D eigenvalue weighted by Crippen LogP contribution is 2.47. The molecule has 3 heterocycles. The zero-order chi connectivity index (χ0) is 31.5. The average Bonchev–Trinajstić information content (AvgIpc) is 3.76. The van der Waals surface area contributed by atoms with E-state index in [1.807, 2.05) is 40.2 Å². The third-order valence-corrected chi connectivity index (χ3v) is 12.7. The topological polar surface area (TPSA) is 83.4 Å². The molecule has 0 spiro atoms. The van der Waals surface area contributed by atoms with Crippen LogP contribution >= 0.6 is 24.0 Å². The Morgan fingerprint density at radius 2 is 1.64 bits per heavy atom. The standard InChI is InChI=1S/C37H53ClN6O2.ClH/c38-32-14-12-27(13-15-32)20-33(41-35(45)34-21-29-6-4-5-7-30(29)23-43(34)22-28-10-11-28)36(46)42-18-16-37(17-19-42,24-44-26-39-25-40-44)31-8-2-1-3-9-31;/h12-15,25-26,28-31,33-34H,1-11,16-24H2,(H,41,45);1H/t29?,30?,33-,34-;/m1./s1. The number of hydrogen-bond acceptors (Lipinski definition) is 5. The van der Waals surface area contributed by atoms with Gasteiger partial charge in [-0.2, -0.15) is 5.10 Å². The fraction of sp³-hybridized carbons (Fsp3) is 0.730. The van der Waals surface area contributed by atoms with Gasteiger partial charge >= 0.3 is 0 Å². The van der Waals surface area contributed by atoms with E-state index in [9.17, 15) is 9.59 Å². The van der Waals surface area contributed by atoms with E-state index in [2.05, 4.69) is 20.3 Å². The van der Waals surface area contributed by atoms with Crippen molar-refractivity contribution >= 4 is 35.8 Å². The Morgan fingerprint density at radius 1 is 0.936 bits per heavy atom. The number of likely N-dealkylation sites (tertiary alicyclic amines) is 2. The molecule has 4 atom stereocenters. The van der Waals surface area contributed by atoms with Crippen LogP contribution in [0.5, 0.6) is 0 Å². The Kier molecular flexibility index (Phi) is 11.5. The minimum Gasteiger partial charge on any atom is -0.343 e. The highest BCUT2D eigenvalue weighted by molar-refractivity contribution is 6.30. The van der Waals surface area contributed by atoms with Crippen molar-refractivity contribution in [3.63, 3.8) is 0 Å². The number of hydrogen-bond donors (Lipinski definition) is 1. The number of nitrogens with one attached hydrogen (secondary N) is 1. The molecule has 0 radical (unpaired) electrons. The lowest BCUT2D eigenvalue weighted by Gasteiger charge is -2.48. The largest absolute Gasteiger partial charge is 0.343 e. The van der Waals surface area contributed by atoms with Gasteiger partial charge in [0.1, 0.15) is 18.7 Å². The lowest BCUT2D eigenvalue weighted by Crippen LogP contribution is -2.59. The summed E-state index contributed by atoms with van der Waals surface area (Å²) in [6.07, 6.45) is 21.0. The molecule has 5 aliphatic rings. The smallest absolute Gasteiger partial charge is 0.245 e. The molecule has 0 bridgehead atoms. The maximum atomic E-state index is 14.4. The van der Waals surface area contributed by atoms with E-state index in [1.54, 1.807) is 6.33 Å². The van der Waals surface area contributed by atoms with Gasteiger partial charge in [0.2, 0.25) is 11.8 Å². The molecule has 47 heavy (non-hydrogen) atoms. The van der Waals surface area contributed by atoms with Gasteiger partial charge in [0, 0.05) is 44.2 Å². The number of carbonyl (C=O) groups is 2. The molecule has 10 heteroatoms. The lowest BCUT2D eigenvalue weighted by molar-refractivity contribution is -0.141. The third-order valence-electron chi connectivity index (χ3n) is 12.4. The van der Waals surface area contributed by atoms with Gasteiger partial charge in [-0.3, -0.25) is 19.2 Å². The average molecular weight is 686 g/mol. The number of amides is 2. The van der Waals surface area contributed by atoms with E-state index in [1.165, 1.54) is 70.6 Å². The predicted molar refractivity (Wildman–Crippen MR) is 187 cm³/mol. The maximum Gasteiger partial charge on any atom is 0.245 e. The van der Waals surface area contributed by atoms with Crippen molar-refractivity contribution in [2.45, 2.75) is 115 Å². The number of benzene rings is 1. The van der Waals surface area contributed by atoms with Gasteiger partial charge in [0.05, 0.1) is 6.04 Å². The Hall–Kier alpha value is -2.16. The Labute approximate surface area is 292 Å². The molecule has 3 saturated carbocycles. The first-order valence-electron chi connectivity index (χ1n) is 18.4. The van der Waals surface area contributed by atoms with Crippen LogP contribution in [0.3, 0.4) is 0 Å². The Morgan fingerprint density at radius 3 is 2.32 bits per heavy atom.